The number of nitrogens with two attached hydrogens (primary N) is 1. The van der Waals surface area contributed by atoms with Gasteiger partial charge in [-0.25, -0.2) is 0 Å². The van der Waals surface area contributed by atoms with Gasteiger partial charge in [-0.1, -0.05) is 25.7 Å². The first-order valence-corrected chi connectivity index (χ1v) is 8.65. The van der Waals surface area contributed by atoms with E-state index in [0.29, 0.717) is 18.0 Å². The van der Waals surface area contributed by atoms with E-state index in [1.54, 1.807) is 0 Å². The number of likely N-dealkylation sites (tertiary alicyclic amines) is 1. The van der Waals surface area contributed by atoms with Crippen molar-refractivity contribution in [2.45, 2.75) is 82.3 Å². The molecular weight excluding hydrogens is 248 g/mol. The Balaban J connectivity index is 1.38. The molecule has 0 aromatic carbocycles. The van der Waals surface area contributed by atoms with Crippen molar-refractivity contribution >= 4 is 5.96 Å². The van der Waals surface area contributed by atoms with Gasteiger partial charge in [0.05, 0.1) is 6.04 Å². The zero-order chi connectivity index (χ0) is 13.8. The molecule has 3 rings (SSSR count). The fraction of sp³-hybridized carbons (Fsp3) is 0.938. The summed E-state index contributed by atoms with van der Waals surface area (Å²) in [6.45, 7) is 2.62. The second-order valence-corrected chi connectivity index (χ2v) is 6.87. The van der Waals surface area contributed by atoms with Gasteiger partial charge in [-0.2, -0.15) is 0 Å². The molecule has 20 heavy (non-hydrogen) atoms. The average molecular weight is 278 g/mol. The van der Waals surface area contributed by atoms with Gasteiger partial charge in [0.15, 0.2) is 5.96 Å². The lowest BCUT2D eigenvalue weighted by atomic mass is 9.84. The molecule has 0 aromatic heterocycles. The van der Waals surface area contributed by atoms with Crippen LogP contribution in [-0.2, 0) is 0 Å². The molecule has 3 fully saturated rings. The Hall–Kier alpha value is -0.770. The third kappa shape index (κ3) is 3.66. The average Bonchev–Trinajstić information content (AvgIpc) is 2.44. The molecule has 1 saturated heterocycles. The van der Waals surface area contributed by atoms with Gasteiger partial charge >= 0.3 is 0 Å². The molecule has 0 bridgehead atoms. The lowest BCUT2D eigenvalue weighted by molar-refractivity contribution is 0.0846. The van der Waals surface area contributed by atoms with Crippen molar-refractivity contribution in [2.24, 2.45) is 10.7 Å². The molecule has 2 aliphatic carbocycles. The number of nitrogens with one attached hydrogen (secondary N) is 1. The van der Waals surface area contributed by atoms with Gasteiger partial charge in [0.2, 0.25) is 0 Å². The third-order valence-electron chi connectivity index (χ3n) is 5.27. The van der Waals surface area contributed by atoms with Gasteiger partial charge in [0.25, 0.3) is 0 Å². The highest BCUT2D eigenvalue weighted by atomic mass is 15.2. The summed E-state index contributed by atoms with van der Waals surface area (Å²) in [5.74, 6) is 0.694. The van der Waals surface area contributed by atoms with Crippen LogP contribution < -0.4 is 11.1 Å². The molecule has 0 unspecified atom stereocenters. The van der Waals surface area contributed by atoms with E-state index in [1.807, 2.05) is 0 Å². The summed E-state index contributed by atoms with van der Waals surface area (Å²) in [5.41, 5.74) is 6.06. The third-order valence-corrected chi connectivity index (χ3v) is 5.27. The van der Waals surface area contributed by atoms with Crippen molar-refractivity contribution in [3.8, 4) is 0 Å². The van der Waals surface area contributed by atoms with E-state index in [9.17, 15) is 0 Å². The van der Waals surface area contributed by atoms with Gasteiger partial charge < -0.3 is 16.0 Å². The highest BCUT2D eigenvalue weighted by Gasteiger charge is 2.34. The predicted octanol–water partition coefficient (Wildman–Crippen LogP) is 2.24. The van der Waals surface area contributed by atoms with E-state index in [0.717, 1.165) is 6.04 Å². The number of guanidine groups is 1. The Morgan fingerprint density at radius 3 is 2.30 bits per heavy atom. The molecule has 0 amide bonds. The van der Waals surface area contributed by atoms with E-state index in [1.165, 1.54) is 77.3 Å². The first-order chi connectivity index (χ1) is 9.81. The number of aliphatic imine (C=N–C) groups is 1. The summed E-state index contributed by atoms with van der Waals surface area (Å²) < 4.78 is 0. The van der Waals surface area contributed by atoms with Crippen LogP contribution >= 0.6 is 0 Å². The van der Waals surface area contributed by atoms with Crippen molar-refractivity contribution in [3.63, 3.8) is 0 Å². The number of nitrogens with zero attached hydrogens (tertiary/aromatic N) is 2. The Bertz CT molecular complexity index is 323. The summed E-state index contributed by atoms with van der Waals surface area (Å²) >= 11 is 0. The van der Waals surface area contributed by atoms with Gasteiger partial charge in [0.1, 0.15) is 0 Å². The largest absolute Gasteiger partial charge is 0.370 e. The van der Waals surface area contributed by atoms with E-state index < -0.39 is 0 Å². The van der Waals surface area contributed by atoms with E-state index in [2.05, 4.69) is 15.2 Å². The van der Waals surface area contributed by atoms with Crippen LogP contribution in [0.25, 0.3) is 0 Å². The Morgan fingerprint density at radius 2 is 1.60 bits per heavy atom. The zero-order valence-electron chi connectivity index (χ0n) is 12.7. The number of piperidine rings is 1. The molecule has 2 saturated carbocycles. The predicted molar refractivity (Wildman–Crippen MR) is 83.9 cm³/mol. The van der Waals surface area contributed by atoms with Gasteiger partial charge in [0, 0.05) is 12.1 Å². The number of rotatable bonds is 3. The first-order valence-electron chi connectivity index (χ1n) is 8.65. The van der Waals surface area contributed by atoms with Crippen molar-refractivity contribution in [3.05, 3.63) is 0 Å². The van der Waals surface area contributed by atoms with Crippen molar-refractivity contribution < 1.29 is 0 Å². The maximum Gasteiger partial charge on any atom is 0.189 e. The molecule has 3 aliphatic rings. The van der Waals surface area contributed by atoms with Crippen molar-refractivity contribution in [2.75, 3.05) is 13.1 Å². The molecule has 3 N–H and O–H groups in total. The summed E-state index contributed by atoms with van der Waals surface area (Å²) in [6.07, 6.45) is 13.2. The zero-order valence-corrected chi connectivity index (χ0v) is 12.7. The molecule has 0 aromatic rings. The Morgan fingerprint density at radius 1 is 0.950 bits per heavy atom. The second-order valence-electron chi connectivity index (χ2n) is 6.87. The Labute approximate surface area is 123 Å². The minimum absolute atomic E-state index is 0.481. The van der Waals surface area contributed by atoms with Gasteiger partial charge in [-0.15, -0.1) is 0 Å². The van der Waals surface area contributed by atoms with Gasteiger partial charge in [-0.05, 0) is 51.6 Å². The molecule has 1 heterocycles. The number of hydrogen-bond acceptors (Lipinski definition) is 2. The van der Waals surface area contributed by atoms with Crippen LogP contribution in [0.2, 0.25) is 0 Å². The summed E-state index contributed by atoms with van der Waals surface area (Å²) in [7, 11) is 0. The van der Waals surface area contributed by atoms with Crippen LogP contribution in [-0.4, -0.2) is 42.1 Å². The quantitative estimate of drug-likeness (QED) is 0.615. The van der Waals surface area contributed by atoms with E-state index >= 15 is 0 Å². The monoisotopic (exact) mass is 278 g/mol. The Kier molecular flexibility index (Phi) is 4.81. The molecule has 4 nitrogen and oxygen atoms in total. The minimum atomic E-state index is 0.481. The number of hydrogen-bond donors (Lipinski definition) is 2. The molecule has 114 valence electrons. The molecular formula is C16H30N4. The van der Waals surface area contributed by atoms with Crippen LogP contribution in [0.3, 0.4) is 0 Å². The molecule has 1 aliphatic heterocycles. The molecule has 0 atom stereocenters. The minimum Gasteiger partial charge on any atom is -0.370 e. The van der Waals surface area contributed by atoms with Crippen molar-refractivity contribution in [1.82, 2.24) is 10.2 Å². The SMILES string of the molecule is NC(=NC1CCCCC1)NC1CC(N2CCCCC2)C1. The molecule has 0 radical (unpaired) electrons. The lowest BCUT2D eigenvalue weighted by Crippen LogP contribution is -2.56. The van der Waals surface area contributed by atoms with E-state index in [4.69, 9.17) is 5.73 Å². The van der Waals surface area contributed by atoms with Gasteiger partial charge in [-0.3, -0.25) is 4.99 Å². The summed E-state index contributed by atoms with van der Waals surface area (Å²) in [5, 5.41) is 3.43. The van der Waals surface area contributed by atoms with Crippen LogP contribution in [0.4, 0.5) is 0 Å². The smallest absolute Gasteiger partial charge is 0.189 e. The summed E-state index contributed by atoms with van der Waals surface area (Å²) in [6, 6.07) is 1.85. The topological polar surface area (TPSA) is 53.6 Å². The second kappa shape index (κ2) is 6.79. The lowest BCUT2D eigenvalue weighted by Gasteiger charge is -2.44. The molecule has 4 heteroatoms. The van der Waals surface area contributed by atoms with Crippen molar-refractivity contribution in [1.29, 1.82) is 0 Å². The van der Waals surface area contributed by atoms with Crippen LogP contribution in [0.5, 0.6) is 0 Å². The van der Waals surface area contributed by atoms with Crippen LogP contribution in [0.15, 0.2) is 4.99 Å². The molecule has 0 spiro atoms. The van der Waals surface area contributed by atoms with E-state index in [-0.39, 0.29) is 0 Å². The summed E-state index contributed by atoms with van der Waals surface area (Å²) in [4.78, 5) is 7.34. The maximum atomic E-state index is 6.06. The fourth-order valence-corrected chi connectivity index (χ4v) is 3.94. The maximum absolute atomic E-state index is 6.06. The fourth-order valence-electron chi connectivity index (χ4n) is 3.94. The van der Waals surface area contributed by atoms with Crippen LogP contribution in [0.1, 0.15) is 64.2 Å². The normalized spacial score (nSPS) is 33.7. The highest BCUT2D eigenvalue weighted by Crippen LogP contribution is 2.28. The first kappa shape index (κ1) is 14.2. The highest BCUT2D eigenvalue weighted by molar-refractivity contribution is 5.78. The van der Waals surface area contributed by atoms with Crippen LogP contribution in [0, 0.1) is 0 Å². The standard InChI is InChI=1S/C16H30N4/c17-16(18-13-7-3-1-4-8-13)19-14-11-15(12-14)20-9-5-2-6-10-20/h13-15H,1-12H2,(H3,17,18,19).